The van der Waals surface area contributed by atoms with Crippen molar-refractivity contribution >= 4 is 29.0 Å². The molecule has 0 aliphatic rings. The van der Waals surface area contributed by atoms with Crippen molar-refractivity contribution in [2.24, 2.45) is 0 Å². The number of nitriles is 1. The summed E-state index contributed by atoms with van der Waals surface area (Å²) in [6, 6.07) is 5.83. The Morgan fingerprint density at radius 3 is 2.95 bits per heavy atom. The first-order valence-corrected chi connectivity index (χ1v) is 6.21. The van der Waals surface area contributed by atoms with Crippen molar-refractivity contribution in [1.29, 1.82) is 5.26 Å². The quantitative estimate of drug-likeness (QED) is 0.805. The molecule has 0 amide bonds. The van der Waals surface area contributed by atoms with Gasteiger partial charge >= 0.3 is 0 Å². The first-order chi connectivity index (χ1) is 9.08. The molecule has 1 unspecified atom stereocenters. The van der Waals surface area contributed by atoms with E-state index in [2.05, 4.69) is 6.07 Å². The van der Waals surface area contributed by atoms with Gasteiger partial charge in [-0.15, -0.1) is 0 Å². The van der Waals surface area contributed by atoms with Crippen molar-refractivity contribution in [1.82, 2.24) is 4.57 Å². The van der Waals surface area contributed by atoms with Gasteiger partial charge < -0.3 is 9.30 Å². The van der Waals surface area contributed by atoms with Gasteiger partial charge in [0.15, 0.2) is 0 Å². The van der Waals surface area contributed by atoms with Crippen LogP contribution in [-0.2, 0) is 16.1 Å². The van der Waals surface area contributed by atoms with Crippen LogP contribution in [0.4, 0.5) is 0 Å². The first-order valence-electron chi connectivity index (χ1n) is 5.83. The maximum Gasteiger partial charge on any atom is 0.293 e. The number of halogens is 1. The number of nitrogens with zero attached hydrogens (tertiary/aromatic N) is 2. The zero-order valence-electron chi connectivity index (χ0n) is 10.7. The number of rotatable bonds is 4. The Morgan fingerprint density at radius 2 is 2.32 bits per heavy atom. The van der Waals surface area contributed by atoms with E-state index in [1.54, 1.807) is 13.0 Å². The standard InChI is InChI=1S/C14H13ClN2O2/c1-9-7-17(4-3-16)14-6-13(15)12(5-11(9)14)10(2)19-8-18/h5-8,10H,4H2,1-2H3. The second kappa shape index (κ2) is 5.33. The molecule has 98 valence electrons. The third kappa shape index (κ3) is 2.42. The molecule has 2 aromatic rings. The topological polar surface area (TPSA) is 55.0 Å². The Bertz CT molecular complexity index is 670. The molecular weight excluding hydrogens is 264 g/mol. The van der Waals surface area contributed by atoms with Gasteiger partial charge in [0.25, 0.3) is 6.47 Å². The van der Waals surface area contributed by atoms with E-state index in [1.807, 2.05) is 23.8 Å². The molecule has 0 N–H and O–H groups in total. The van der Waals surface area contributed by atoms with Crippen LogP contribution in [0.2, 0.25) is 5.02 Å². The molecule has 1 atom stereocenters. The molecule has 2 rings (SSSR count). The van der Waals surface area contributed by atoms with Crippen LogP contribution in [0.25, 0.3) is 10.9 Å². The van der Waals surface area contributed by atoms with E-state index < -0.39 is 6.10 Å². The van der Waals surface area contributed by atoms with Crippen LogP contribution >= 0.6 is 11.6 Å². The number of aromatic nitrogens is 1. The van der Waals surface area contributed by atoms with Crippen molar-refractivity contribution in [3.05, 3.63) is 34.5 Å². The van der Waals surface area contributed by atoms with E-state index in [0.29, 0.717) is 11.5 Å². The van der Waals surface area contributed by atoms with Crippen molar-refractivity contribution in [3.8, 4) is 6.07 Å². The molecule has 19 heavy (non-hydrogen) atoms. The minimum absolute atomic E-state index is 0.278. The SMILES string of the molecule is Cc1cn(CC#N)c2cc(Cl)c(C(C)OC=O)cc12. The minimum Gasteiger partial charge on any atom is -0.460 e. The van der Waals surface area contributed by atoms with E-state index in [0.717, 1.165) is 22.0 Å². The summed E-state index contributed by atoms with van der Waals surface area (Å²) >= 11 is 6.22. The fourth-order valence-corrected chi connectivity index (χ4v) is 2.49. The predicted molar refractivity (Wildman–Crippen MR) is 72.9 cm³/mol. The highest BCUT2D eigenvalue weighted by molar-refractivity contribution is 6.32. The molecule has 5 heteroatoms. The molecule has 1 heterocycles. The summed E-state index contributed by atoms with van der Waals surface area (Å²) < 4.78 is 6.78. The lowest BCUT2D eigenvalue weighted by Crippen LogP contribution is -2.00. The number of hydrogen-bond donors (Lipinski definition) is 0. The Balaban J connectivity index is 2.60. The number of carbonyl (C=O) groups excluding carboxylic acids is 1. The van der Waals surface area contributed by atoms with Crippen LogP contribution in [0, 0.1) is 18.3 Å². The molecule has 0 radical (unpaired) electrons. The predicted octanol–water partition coefficient (Wildman–Crippen LogP) is 3.36. The molecule has 0 aliphatic carbocycles. The van der Waals surface area contributed by atoms with Crippen LogP contribution in [0.3, 0.4) is 0 Å². The van der Waals surface area contributed by atoms with Gasteiger partial charge in [-0.25, -0.2) is 0 Å². The van der Waals surface area contributed by atoms with Gasteiger partial charge in [0.05, 0.1) is 11.6 Å². The van der Waals surface area contributed by atoms with Crippen LogP contribution in [0.5, 0.6) is 0 Å². The molecular formula is C14H13ClN2O2. The molecule has 0 saturated heterocycles. The summed E-state index contributed by atoms with van der Waals surface area (Å²) in [6.45, 7) is 4.43. The Morgan fingerprint density at radius 1 is 1.58 bits per heavy atom. The lowest BCUT2D eigenvalue weighted by atomic mass is 10.1. The summed E-state index contributed by atoms with van der Waals surface area (Å²) in [5, 5.41) is 10.3. The van der Waals surface area contributed by atoms with Crippen LogP contribution in [0.15, 0.2) is 18.3 Å². The molecule has 0 aliphatic heterocycles. The smallest absolute Gasteiger partial charge is 0.293 e. The average molecular weight is 277 g/mol. The van der Waals surface area contributed by atoms with Gasteiger partial charge in [-0.2, -0.15) is 5.26 Å². The summed E-state index contributed by atoms with van der Waals surface area (Å²) in [7, 11) is 0. The van der Waals surface area contributed by atoms with Gasteiger partial charge in [0.1, 0.15) is 12.6 Å². The lowest BCUT2D eigenvalue weighted by Gasteiger charge is -2.12. The maximum atomic E-state index is 10.4. The lowest BCUT2D eigenvalue weighted by molar-refractivity contribution is -0.133. The van der Waals surface area contributed by atoms with Gasteiger partial charge in [-0.1, -0.05) is 11.6 Å². The summed E-state index contributed by atoms with van der Waals surface area (Å²) in [5.41, 5.74) is 2.73. The average Bonchev–Trinajstić information content (AvgIpc) is 2.65. The Hall–Kier alpha value is -1.99. The molecule has 0 bridgehead atoms. The fraction of sp³-hybridized carbons (Fsp3) is 0.286. The summed E-state index contributed by atoms with van der Waals surface area (Å²) in [6.07, 6.45) is 1.52. The van der Waals surface area contributed by atoms with Gasteiger partial charge in [0.2, 0.25) is 0 Å². The Kier molecular flexibility index (Phi) is 3.77. The maximum absolute atomic E-state index is 10.4. The van der Waals surface area contributed by atoms with Crippen molar-refractivity contribution < 1.29 is 9.53 Å². The van der Waals surface area contributed by atoms with Gasteiger partial charge in [-0.3, -0.25) is 4.79 Å². The fourth-order valence-electron chi connectivity index (χ4n) is 2.18. The third-order valence-electron chi connectivity index (χ3n) is 3.14. The third-order valence-corrected chi connectivity index (χ3v) is 3.46. The molecule has 0 fully saturated rings. The number of fused-ring (bicyclic) bond motifs is 1. The number of aryl methyl sites for hydroxylation is 1. The number of hydrogen-bond acceptors (Lipinski definition) is 3. The monoisotopic (exact) mass is 276 g/mol. The number of benzene rings is 1. The van der Waals surface area contributed by atoms with E-state index in [4.69, 9.17) is 21.6 Å². The molecule has 1 aromatic heterocycles. The van der Waals surface area contributed by atoms with Crippen molar-refractivity contribution in [2.75, 3.05) is 0 Å². The first kappa shape index (κ1) is 13.4. The molecule has 1 aromatic carbocycles. The van der Waals surface area contributed by atoms with Crippen LogP contribution in [0.1, 0.15) is 24.2 Å². The van der Waals surface area contributed by atoms with Crippen LogP contribution < -0.4 is 0 Å². The Labute approximate surface area is 116 Å². The number of carbonyl (C=O) groups is 1. The van der Waals surface area contributed by atoms with Crippen molar-refractivity contribution in [2.45, 2.75) is 26.5 Å². The van der Waals surface area contributed by atoms with E-state index >= 15 is 0 Å². The second-order valence-electron chi connectivity index (χ2n) is 4.36. The highest BCUT2D eigenvalue weighted by Crippen LogP contribution is 2.32. The largest absolute Gasteiger partial charge is 0.460 e. The second-order valence-corrected chi connectivity index (χ2v) is 4.77. The van der Waals surface area contributed by atoms with E-state index in [9.17, 15) is 4.79 Å². The molecule has 0 saturated carbocycles. The van der Waals surface area contributed by atoms with E-state index in [1.165, 1.54) is 0 Å². The van der Waals surface area contributed by atoms with Crippen LogP contribution in [-0.4, -0.2) is 11.0 Å². The normalized spacial score (nSPS) is 12.1. The van der Waals surface area contributed by atoms with Crippen molar-refractivity contribution in [3.63, 3.8) is 0 Å². The van der Waals surface area contributed by atoms with Gasteiger partial charge in [-0.05, 0) is 31.5 Å². The zero-order chi connectivity index (χ0) is 14.0. The zero-order valence-corrected chi connectivity index (χ0v) is 11.4. The highest BCUT2D eigenvalue weighted by Gasteiger charge is 2.15. The molecule has 4 nitrogen and oxygen atoms in total. The highest BCUT2D eigenvalue weighted by atomic mass is 35.5. The minimum atomic E-state index is -0.395. The van der Waals surface area contributed by atoms with Gasteiger partial charge in [0, 0.05) is 22.2 Å². The summed E-state index contributed by atoms with van der Waals surface area (Å²) in [4.78, 5) is 10.4. The summed E-state index contributed by atoms with van der Waals surface area (Å²) in [5.74, 6) is 0. The number of ether oxygens (including phenoxy) is 1. The molecule has 0 spiro atoms. The van der Waals surface area contributed by atoms with E-state index in [-0.39, 0.29) is 6.54 Å².